The number of likely N-dealkylation sites (N-methyl/N-ethyl adjacent to an activating group) is 1. The number of likely N-dealkylation sites (tertiary alicyclic amines) is 1. The summed E-state index contributed by atoms with van der Waals surface area (Å²) in [4.78, 5) is 17.9. The van der Waals surface area contributed by atoms with E-state index >= 15 is 0 Å². The zero-order valence-electron chi connectivity index (χ0n) is 16.9. The molecule has 0 saturated carbocycles. The molecule has 1 aromatic heterocycles. The number of amides is 1. The van der Waals surface area contributed by atoms with Crippen LogP contribution in [0.5, 0.6) is 0 Å². The van der Waals surface area contributed by atoms with E-state index in [0.29, 0.717) is 12.5 Å². The molecule has 1 amide bonds. The van der Waals surface area contributed by atoms with E-state index in [1.165, 1.54) is 32.4 Å². The number of fused-ring (bicyclic) bond motifs is 1. The largest absolute Gasteiger partial charge is 0.464 e. The first-order valence-electron chi connectivity index (χ1n) is 10.8. The molecule has 0 unspecified atom stereocenters. The van der Waals surface area contributed by atoms with Crippen LogP contribution in [0.1, 0.15) is 44.1 Å². The van der Waals surface area contributed by atoms with E-state index in [2.05, 4.69) is 4.90 Å². The van der Waals surface area contributed by atoms with E-state index in [1.54, 1.807) is 6.26 Å². The summed E-state index contributed by atoms with van der Waals surface area (Å²) in [6, 6.07) is 8.57. The Labute approximate surface area is 167 Å². The van der Waals surface area contributed by atoms with Gasteiger partial charge in [0.25, 0.3) is 0 Å². The van der Waals surface area contributed by atoms with Gasteiger partial charge in [0.05, 0.1) is 12.7 Å². The van der Waals surface area contributed by atoms with E-state index in [4.69, 9.17) is 9.15 Å². The lowest BCUT2D eigenvalue weighted by Gasteiger charge is -2.39. The molecule has 3 heterocycles. The van der Waals surface area contributed by atoms with Gasteiger partial charge in [0, 0.05) is 37.7 Å². The van der Waals surface area contributed by atoms with Gasteiger partial charge >= 0.3 is 0 Å². The summed E-state index contributed by atoms with van der Waals surface area (Å²) >= 11 is 0. The summed E-state index contributed by atoms with van der Waals surface area (Å²) in [5.41, 5.74) is 1.89. The second-order valence-electron chi connectivity index (χ2n) is 8.21. The van der Waals surface area contributed by atoms with Crippen molar-refractivity contribution in [3.05, 3.63) is 36.1 Å². The van der Waals surface area contributed by atoms with Crippen LogP contribution in [0.4, 0.5) is 0 Å². The van der Waals surface area contributed by atoms with Gasteiger partial charge in [0.2, 0.25) is 5.91 Å². The maximum absolute atomic E-state index is 13.3. The molecular weight excluding hydrogens is 352 g/mol. The standard InChI is InChI=1S/C23H32N2O3/c1-24(23(26)17-18-7-6-9-22-19(18)10-16-28-22)20-11-15-27-14-5-2-8-21(20)25-12-3-4-13-25/h6-7,9-10,16,20-21H,2-5,8,11-15,17H2,1H3/t20-,21-/m0/s1. The van der Waals surface area contributed by atoms with E-state index in [9.17, 15) is 4.79 Å². The second kappa shape index (κ2) is 9.10. The minimum Gasteiger partial charge on any atom is -0.464 e. The fourth-order valence-corrected chi connectivity index (χ4v) is 4.88. The van der Waals surface area contributed by atoms with E-state index < -0.39 is 0 Å². The third-order valence-electron chi connectivity index (χ3n) is 6.47. The normalized spacial score (nSPS) is 24.6. The molecule has 2 atom stereocenters. The van der Waals surface area contributed by atoms with Crippen LogP contribution in [0.2, 0.25) is 0 Å². The van der Waals surface area contributed by atoms with Crippen LogP contribution in [0.25, 0.3) is 11.0 Å². The molecule has 0 spiro atoms. The third-order valence-corrected chi connectivity index (χ3v) is 6.47. The molecule has 2 saturated heterocycles. The lowest BCUT2D eigenvalue weighted by molar-refractivity contribution is -0.133. The van der Waals surface area contributed by atoms with Crippen LogP contribution in [-0.4, -0.2) is 61.1 Å². The number of ether oxygens (including phenoxy) is 1. The maximum Gasteiger partial charge on any atom is 0.227 e. The van der Waals surface area contributed by atoms with Gasteiger partial charge in [-0.1, -0.05) is 12.1 Å². The zero-order chi connectivity index (χ0) is 19.3. The Bertz CT molecular complexity index is 781. The maximum atomic E-state index is 13.3. The van der Waals surface area contributed by atoms with Gasteiger partial charge in [0.1, 0.15) is 5.58 Å². The highest BCUT2D eigenvalue weighted by molar-refractivity contribution is 5.87. The molecular formula is C23H32N2O3. The van der Waals surface area contributed by atoms with Crippen LogP contribution in [0.15, 0.2) is 34.9 Å². The first-order valence-corrected chi connectivity index (χ1v) is 10.8. The number of benzene rings is 1. The molecule has 5 heteroatoms. The number of carbonyl (C=O) groups excluding carboxylic acids is 1. The van der Waals surface area contributed by atoms with Gasteiger partial charge in [-0.25, -0.2) is 0 Å². The molecule has 0 radical (unpaired) electrons. The molecule has 4 rings (SSSR count). The number of carbonyl (C=O) groups is 1. The Hall–Kier alpha value is -1.85. The molecule has 0 aliphatic carbocycles. The molecule has 2 fully saturated rings. The fraction of sp³-hybridized carbons (Fsp3) is 0.609. The minimum absolute atomic E-state index is 0.183. The molecule has 2 aliphatic heterocycles. The summed E-state index contributed by atoms with van der Waals surface area (Å²) in [7, 11) is 1.99. The molecule has 1 aromatic carbocycles. The molecule has 0 bridgehead atoms. The van der Waals surface area contributed by atoms with Crippen molar-refractivity contribution in [3.8, 4) is 0 Å². The number of furan rings is 1. The molecule has 2 aliphatic rings. The summed E-state index contributed by atoms with van der Waals surface area (Å²) in [5, 5.41) is 1.04. The summed E-state index contributed by atoms with van der Waals surface area (Å²) in [6.07, 6.45) is 9.03. The molecule has 2 aromatic rings. The number of hydrogen-bond acceptors (Lipinski definition) is 4. The van der Waals surface area contributed by atoms with Gasteiger partial charge in [-0.15, -0.1) is 0 Å². The third kappa shape index (κ3) is 4.26. The van der Waals surface area contributed by atoms with Gasteiger partial charge < -0.3 is 14.1 Å². The summed E-state index contributed by atoms with van der Waals surface area (Å²) in [5.74, 6) is 0.183. The van der Waals surface area contributed by atoms with Crippen molar-refractivity contribution in [2.45, 2.75) is 57.0 Å². The van der Waals surface area contributed by atoms with E-state index in [1.807, 2.05) is 36.2 Å². The lowest BCUT2D eigenvalue weighted by atomic mass is 9.96. The van der Waals surface area contributed by atoms with Crippen molar-refractivity contribution in [1.29, 1.82) is 0 Å². The lowest BCUT2D eigenvalue weighted by Crippen LogP contribution is -2.52. The monoisotopic (exact) mass is 384 g/mol. The van der Waals surface area contributed by atoms with Gasteiger partial charge in [-0.3, -0.25) is 9.69 Å². The van der Waals surface area contributed by atoms with Gasteiger partial charge in [0.15, 0.2) is 0 Å². The smallest absolute Gasteiger partial charge is 0.227 e. The van der Waals surface area contributed by atoms with E-state index in [0.717, 1.165) is 49.0 Å². The van der Waals surface area contributed by atoms with E-state index in [-0.39, 0.29) is 11.9 Å². The SMILES string of the molecule is CN(C(=O)Cc1cccc2occc12)[C@H]1CCOCCCC[C@@H]1N1CCCC1. The molecule has 152 valence electrons. The molecule has 28 heavy (non-hydrogen) atoms. The van der Waals surface area contributed by atoms with Crippen molar-refractivity contribution < 1.29 is 13.9 Å². The first-order chi connectivity index (χ1) is 13.7. The van der Waals surface area contributed by atoms with Crippen LogP contribution in [0.3, 0.4) is 0 Å². The Morgan fingerprint density at radius 1 is 1.11 bits per heavy atom. The van der Waals surface area contributed by atoms with Gasteiger partial charge in [-0.05, 0) is 69.3 Å². The quantitative estimate of drug-likeness (QED) is 0.803. The van der Waals surface area contributed by atoms with Crippen molar-refractivity contribution in [1.82, 2.24) is 9.80 Å². The highest BCUT2D eigenvalue weighted by Gasteiger charge is 2.33. The second-order valence-corrected chi connectivity index (χ2v) is 8.21. The van der Waals surface area contributed by atoms with Crippen molar-refractivity contribution in [3.63, 3.8) is 0 Å². The number of nitrogens with zero attached hydrogens (tertiary/aromatic N) is 2. The van der Waals surface area contributed by atoms with Crippen LogP contribution in [-0.2, 0) is 16.0 Å². The van der Waals surface area contributed by atoms with Gasteiger partial charge in [-0.2, -0.15) is 0 Å². The van der Waals surface area contributed by atoms with Crippen molar-refractivity contribution in [2.75, 3.05) is 33.4 Å². The Morgan fingerprint density at radius 2 is 1.96 bits per heavy atom. The van der Waals surface area contributed by atoms with Crippen LogP contribution in [0, 0.1) is 0 Å². The van der Waals surface area contributed by atoms with Crippen molar-refractivity contribution >= 4 is 16.9 Å². The van der Waals surface area contributed by atoms with Crippen LogP contribution >= 0.6 is 0 Å². The summed E-state index contributed by atoms with van der Waals surface area (Å²) in [6.45, 7) is 3.92. The topological polar surface area (TPSA) is 45.9 Å². The summed E-state index contributed by atoms with van der Waals surface area (Å²) < 4.78 is 11.3. The number of hydrogen-bond donors (Lipinski definition) is 0. The molecule has 0 N–H and O–H groups in total. The highest BCUT2D eigenvalue weighted by atomic mass is 16.5. The average Bonchev–Trinajstić information content (AvgIpc) is 3.40. The first kappa shape index (κ1) is 19.5. The predicted octanol–water partition coefficient (Wildman–Crippen LogP) is 3.86. The predicted molar refractivity (Wildman–Crippen MR) is 110 cm³/mol. The molecule has 5 nitrogen and oxygen atoms in total. The van der Waals surface area contributed by atoms with Crippen molar-refractivity contribution in [2.24, 2.45) is 0 Å². The highest BCUT2D eigenvalue weighted by Crippen LogP contribution is 2.26. The average molecular weight is 385 g/mol. The Kier molecular flexibility index (Phi) is 6.33. The number of rotatable bonds is 4. The Morgan fingerprint density at radius 3 is 2.82 bits per heavy atom. The zero-order valence-corrected chi connectivity index (χ0v) is 16.9. The minimum atomic E-state index is 0.183. The Balaban J connectivity index is 1.52. The van der Waals surface area contributed by atoms with Crippen LogP contribution < -0.4 is 0 Å². The fourth-order valence-electron chi connectivity index (χ4n) is 4.88.